The summed E-state index contributed by atoms with van der Waals surface area (Å²) in [5, 5.41) is 4.72. The fourth-order valence-corrected chi connectivity index (χ4v) is 8.34. The predicted molar refractivity (Wildman–Crippen MR) is 256 cm³/mol. The van der Waals surface area contributed by atoms with Crippen molar-refractivity contribution in [1.29, 1.82) is 0 Å². The topological polar surface area (TPSA) is 77.3 Å². The van der Waals surface area contributed by atoms with E-state index in [4.69, 9.17) is 19.9 Å². The van der Waals surface area contributed by atoms with Crippen LogP contribution in [0.5, 0.6) is 0 Å². The van der Waals surface area contributed by atoms with Crippen LogP contribution in [0.15, 0.2) is 213 Å². The van der Waals surface area contributed by atoms with E-state index in [1.54, 1.807) is 0 Å². The van der Waals surface area contributed by atoms with Gasteiger partial charge in [0.2, 0.25) is 0 Å². The summed E-state index contributed by atoms with van der Waals surface area (Å²) in [5.74, 6) is 1.73. The Kier molecular flexibility index (Phi) is 9.63. The number of fused-ring (bicyclic) bond motifs is 2. The van der Waals surface area contributed by atoms with Crippen LogP contribution >= 0.6 is 0 Å². The van der Waals surface area contributed by atoms with E-state index < -0.39 is 0 Å². The average molecular weight is 807 g/mol. The minimum Gasteiger partial charge on any atom is -0.256 e. The summed E-state index contributed by atoms with van der Waals surface area (Å²) in [6, 6.07) is 69.5. The predicted octanol–water partition coefficient (Wildman–Crippen LogP) is 14.0. The molecule has 0 N–H and O–H groups in total. The van der Waals surface area contributed by atoms with Crippen LogP contribution in [0.4, 0.5) is 0 Å². The first kappa shape index (κ1) is 37.5. The zero-order valence-electron chi connectivity index (χ0n) is 34.4. The molecule has 0 bridgehead atoms. The monoisotopic (exact) mass is 806 g/mol. The van der Waals surface area contributed by atoms with Gasteiger partial charge in [-0.2, -0.15) is 0 Å². The van der Waals surface area contributed by atoms with Gasteiger partial charge < -0.3 is 0 Å². The smallest absolute Gasteiger partial charge is 0.164 e. The molecule has 0 aliphatic heterocycles. The Bertz CT molecular complexity index is 3270. The largest absolute Gasteiger partial charge is 0.256 e. The number of hydrogen-bond donors (Lipinski definition) is 0. The first-order valence-electron chi connectivity index (χ1n) is 21.0. The minimum atomic E-state index is 0.575. The lowest BCUT2D eigenvalue weighted by Gasteiger charge is -2.16. The van der Waals surface area contributed by atoms with Crippen molar-refractivity contribution in [2.45, 2.75) is 6.92 Å². The lowest BCUT2D eigenvalue weighted by Crippen LogP contribution is -2.01. The molecular formula is C57H38N6. The van der Waals surface area contributed by atoms with Gasteiger partial charge in [-0.3, -0.25) is 15.0 Å². The zero-order chi connectivity index (χ0) is 42.1. The van der Waals surface area contributed by atoms with Crippen LogP contribution in [-0.2, 0) is 0 Å². The lowest BCUT2D eigenvalue weighted by atomic mass is 9.89. The lowest BCUT2D eigenvalue weighted by molar-refractivity contribution is 1.07. The van der Waals surface area contributed by atoms with Crippen molar-refractivity contribution in [3.05, 3.63) is 218 Å². The van der Waals surface area contributed by atoms with E-state index >= 15 is 0 Å². The van der Waals surface area contributed by atoms with Crippen molar-refractivity contribution in [2.24, 2.45) is 0 Å². The summed E-state index contributed by atoms with van der Waals surface area (Å²) < 4.78 is 0. The molecule has 296 valence electrons. The van der Waals surface area contributed by atoms with Crippen LogP contribution in [-0.4, -0.2) is 29.9 Å². The Morgan fingerprint density at radius 3 is 1.24 bits per heavy atom. The first-order chi connectivity index (χ1) is 31.1. The maximum Gasteiger partial charge on any atom is 0.164 e. The van der Waals surface area contributed by atoms with Crippen molar-refractivity contribution in [2.75, 3.05) is 0 Å². The van der Waals surface area contributed by atoms with E-state index in [1.165, 1.54) is 21.5 Å². The Labute approximate surface area is 365 Å². The Morgan fingerprint density at radius 2 is 0.714 bits per heavy atom. The SMILES string of the molecule is Cc1cccc(-c2ccc(-c3cc(-c4nc(-c5ccc(-c6ccccn6)cc5)nc(-c5ccc(-c6ccccn6)cc5)n4)cc(-c4c5ccccc5cc5ccccc45)c3)cc2)n1. The second kappa shape index (κ2) is 16.2. The highest BCUT2D eigenvalue weighted by Crippen LogP contribution is 2.41. The molecule has 0 radical (unpaired) electrons. The highest BCUT2D eigenvalue weighted by atomic mass is 15.0. The van der Waals surface area contributed by atoms with Crippen LogP contribution in [0.3, 0.4) is 0 Å². The molecule has 6 nitrogen and oxygen atoms in total. The van der Waals surface area contributed by atoms with Gasteiger partial charge in [-0.05, 0) is 111 Å². The third-order valence-electron chi connectivity index (χ3n) is 11.5. The average Bonchev–Trinajstić information content (AvgIpc) is 3.36. The summed E-state index contributed by atoms with van der Waals surface area (Å²) in [7, 11) is 0. The third-order valence-corrected chi connectivity index (χ3v) is 11.5. The Morgan fingerprint density at radius 1 is 0.286 bits per heavy atom. The van der Waals surface area contributed by atoms with Crippen LogP contribution in [0.1, 0.15) is 5.69 Å². The van der Waals surface area contributed by atoms with Crippen LogP contribution in [0, 0.1) is 6.92 Å². The Balaban J connectivity index is 1.11. The summed E-state index contributed by atoms with van der Waals surface area (Å²) >= 11 is 0. The molecule has 0 aliphatic rings. The van der Waals surface area contributed by atoms with Crippen molar-refractivity contribution in [3.8, 4) is 90.2 Å². The van der Waals surface area contributed by atoms with Crippen molar-refractivity contribution >= 4 is 21.5 Å². The van der Waals surface area contributed by atoms with Gasteiger partial charge >= 0.3 is 0 Å². The molecular weight excluding hydrogens is 769 g/mol. The van der Waals surface area contributed by atoms with E-state index in [9.17, 15) is 0 Å². The van der Waals surface area contributed by atoms with Crippen molar-refractivity contribution < 1.29 is 0 Å². The van der Waals surface area contributed by atoms with Gasteiger partial charge in [-0.25, -0.2) is 15.0 Å². The number of nitrogens with zero attached hydrogens (tertiary/aromatic N) is 6. The molecule has 0 unspecified atom stereocenters. The molecule has 63 heavy (non-hydrogen) atoms. The first-order valence-corrected chi connectivity index (χ1v) is 21.0. The van der Waals surface area contributed by atoms with Gasteiger partial charge in [0.15, 0.2) is 17.5 Å². The molecule has 0 saturated carbocycles. The molecule has 0 spiro atoms. The van der Waals surface area contributed by atoms with Crippen LogP contribution < -0.4 is 0 Å². The molecule has 0 aliphatic carbocycles. The van der Waals surface area contributed by atoms with E-state index in [0.717, 1.165) is 78.4 Å². The molecule has 0 amide bonds. The van der Waals surface area contributed by atoms with Gasteiger partial charge in [0.05, 0.1) is 17.1 Å². The summed E-state index contributed by atoms with van der Waals surface area (Å²) in [6.45, 7) is 2.02. The maximum atomic E-state index is 5.27. The number of pyridine rings is 3. The zero-order valence-corrected chi connectivity index (χ0v) is 34.4. The molecule has 4 heterocycles. The van der Waals surface area contributed by atoms with Crippen LogP contribution in [0.2, 0.25) is 0 Å². The maximum absolute atomic E-state index is 5.27. The highest BCUT2D eigenvalue weighted by molar-refractivity contribution is 6.13. The number of hydrogen-bond acceptors (Lipinski definition) is 6. The molecule has 0 fully saturated rings. The molecule has 11 rings (SSSR count). The van der Waals surface area contributed by atoms with Gasteiger partial charge in [0.25, 0.3) is 0 Å². The van der Waals surface area contributed by atoms with Crippen molar-refractivity contribution in [3.63, 3.8) is 0 Å². The fourth-order valence-electron chi connectivity index (χ4n) is 8.34. The molecule has 11 aromatic rings. The number of aromatic nitrogens is 6. The Hall–Kier alpha value is -8.48. The van der Waals surface area contributed by atoms with Gasteiger partial charge in [0, 0.05) is 51.5 Å². The van der Waals surface area contributed by atoms with Crippen LogP contribution in [0.25, 0.3) is 112 Å². The number of rotatable bonds is 8. The van der Waals surface area contributed by atoms with E-state index in [-0.39, 0.29) is 0 Å². The minimum absolute atomic E-state index is 0.575. The molecule has 0 atom stereocenters. The van der Waals surface area contributed by atoms with Gasteiger partial charge in [-0.1, -0.05) is 140 Å². The molecule has 4 aromatic heterocycles. The highest BCUT2D eigenvalue weighted by Gasteiger charge is 2.18. The van der Waals surface area contributed by atoms with Crippen molar-refractivity contribution in [1.82, 2.24) is 29.9 Å². The normalized spacial score (nSPS) is 11.3. The van der Waals surface area contributed by atoms with Gasteiger partial charge in [-0.15, -0.1) is 0 Å². The number of benzene rings is 7. The summed E-state index contributed by atoms with van der Waals surface area (Å²) in [5.41, 5.74) is 13.8. The number of aryl methyl sites for hydroxylation is 1. The third kappa shape index (κ3) is 7.51. The second-order valence-electron chi connectivity index (χ2n) is 15.6. The molecule has 6 heteroatoms. The summed E-state index contributed by atoms with van der Waals surface area (Å²) in [6.07, 6.45) is 3.62. The van der Waals surface area contributed by atoms with E-state index in [1.807, 2.05) is 61.8 Å². The fraction of sp³-hybridized carbons (Fsp3) is 0.0175. The standard InChI is InChI=1S/C57H38N6/c1-37-11-10-18-53(60-37)41-21-19-38(20-22-41)46-34-47(54-49-14-4-2-12-44(49)33-45-13-3-5-15-50(45)54)36-48(35-46)57-62-55(42-27-23-39(24-28-42)51-16-6-8-31-58-51)61-56(63-57)43-29-25-40(26-30-43)52-17-7-9-32-59-52/h2-36H,1H3. The second-order valence-corrected chi connectivity index (χ2v) is 15.6. The van der Waals surface area contributed by atoms with Gasteiger partial charge in [0.1, 0.15) is 0 Å². The van der Waals surface area contributed by atoms with E-state index in [0.29, 0.717) is 17.5 Å². The summed E-state index contributed by atoms with van der Waals surface area (Å²) in [4.78, 5) is 29.6. The van der Waals surface area contributed by atoms with E-state index in [2.05, 4.69) is 168 Å². The quantitative estimate of drug-likeness (QED) is 0.142. The molecule has 0 saturated heterocycles. The molecule has 7 aromatic carbocycles.